The number of ether oxygens (including phenoxy) is 1. The predicted octanol–water partition coefficient (Wildman–Crippen LogP) is 7.79. The van der Waals surface area contributed by atoms with Gasteiger partial charge in [0.1, 0.15) is 17.1 Å². The molecule has 1 aromatic heterocycles. The van der Waals surface area contributed by atoms with Gasteiger partial charge in [-0.3, -0.25) is 25.6 Å². The van der Waals surface area contributed by atoms with Gasteiger partial charge in [0.05, 0.1) is 24.5 Å². The van der Waals surface area contributed by atoms with E-state index in [4.69, 9.17) is 37.9 Å². The Balaban J connectivity index is 1.14. The van der Waals surface area contributed by atoms with Crippen molar-refractivity contribution in [1.29, 1.82) is 10.8 Å². The molecule has 3 heterocycles. The molecule has 6 N–H and O–H groups in total. The number of rotatable bonds is 8. The van der Waals surface area contributed by atoms with Gasteiger partial charge in [-0.2, -0.15) is 0 Å². The van der Waals surface area contributed by atoms with E-state index in [1.54, 1.807) is 35.0 Å². The van der Waals surface area contributed by atoms with E-state index in [2.05, 4.69) is 27.7 Å². The number of carbonyl (C=O) groups is 1. The minimum Gasteiger partial charge on any atom is -0.491 e. The molecule has 2 fully saturated rings. The number of aliphatic imine (C=N–C) groups is 1. The molecular formula is C42H56ClN9O2. The van der Waals surface area contributed by atoms with Gasteiger partial charge in [0.2, 0.25) is 5.96 Å². The summed E-state index contributed by atoms with van der Waals surface area (Å²) in [6.45, 7) is 11.1. The van der Waals surface area contributed by atoms with Crippen LogP contribution in [0.1, 0.15) is 101 Å². The Labute approximate surface area is 324 Å². The van der Waals surface area contributed by atoms with Crippen molar-refractivity contribution in [2.75, 3.05) is 32.8 Å². The van der Waals surface area contributed by atoms with E-state index >= 15 is 0 Å². The van der Waals surface area contributed by atoms with Crippen LogP contribution in [0.3, 0.4) is 0 Å². The zero-order chi connectivity index (χ0) is 38.2. The summed E-state index contributed by atoms with van der Waals surface area (Å²) in [5.74, 6) is 1.39. The number of likely N-dealkylation sites (tertiary alicyclic amines) is 2. The molecule has 288 valence electrons. The lowest BCUT2D eigenvalue weighted by Crippen LogP contribution is -2.43. The number of halogens is 1. The summed E-state index contributed by atoms with van der Waals surface area (Å²) in [5, 5.41) is 23.9. The largest absolute Gasteiger partial charge is 0.491 e. The first-order valence-corrected chi connectivity index (χ1v) is 19.8. The number of urea groups is 1. The monoisotopic (exact) mass is 753 g/mol. The maximum absolute atomic E-state index is 13.7. The number of amidine groups is 1. The van der Waals surface area contributed by atoms with Crippen molar-refractivity contribution in [3.8, 4) is 5.75 Å². The first-order chi connectivity index (χ1) is 25.9. The molecule has 3 aliphatic rings. The number of allylic oxidation sites excluding steroid dienone is 1. The zero-order valence-corrected chi connectivity index (χ0v) is 32.7. The molecule has 3 aromatic rings. The average molecular weight is 754 g/mol. The molecule has 2 aromatic carbocycles. The number of hydrogen-bond donors (Lipinski definition) is 5. The molecule has 54 heavy (non-hydrogen) atoms. The summed E-state index contributed by atoms with van der Waals surface area (Å²) in [6.07, 6.45) is 12.0. The van der Waals surface area contributed by atoms with E-state index in [0.717, 1.165) is 75.1 Å². The molecule has 0 bridgehead atoms. The van der Waals surface area contributed by atoms with Crippen LogP contribution >= 0.6 is 11.6 Å². The Hall–Kier alpha value is -4.61. The van der Waals surface area contributed by atoms with Gasteiger partial charge in [0, 0.05) is 47.8 Å². The summed E-state index contributed by atoms with van der Waals surface area (Å²) in [5.41, 5.74) is 10.9. The molecule has 0 unspecified atom stereocenters. The van der Waals surface area contributed by atoms with E-state index in [-0.39, 0.29) is 28.9 Å². The Bertz CT molecular complexity index is 1920. The Morgan fingerprint density at radius 3 is 2.41 bits per heavy atom. The number of carbonyl (C=O) groups excluding carboxylic acids is 1. The molecular weight excluding hydrogens is 698 g/mol. The van der Waals surface area contributed by atoms with Crippen LogP contribution in [0.15, 0.2) is 77.6 Å². The van der Waals surface area contributed by atoms with Crippen LogP contribution < -0.4 is 26.6 Å². The topological polar surface area (TPSA) is 148 Å². The van der Waals surface area contributed by atoms with Crippen LogP contribution in [0.4, 0.5) is 10.5 Å². The minimum atomic E-state index is -0.368. The fourth-order valence-corrected chi connectivity index (χ4v) is 7.73. The van der Waals surface area contributed by atoms with Gasteiger partial charge < -0.3 is 20.7 Å². The molecule has 0 radical (unpaired) electrons. The third-order valence-electron chi connectivity index (χ3n) is 10.6. The number of aromatic nitrogens is 1. The SMILES string of the molecule is CC(C)(C)C(N)=CC(=Nc1cc(Cl)cc(CN2CCCCC2)c1)NC(=O)N[C@H]1CC[C@@H](COc2ccc(=N)n(C(=N)N3CCCCC3)c2)c2ccccc21. The molecule has 12 heteroatoms. The molecule has 6 rings (SSSR count). The Kier molecular flexibility index (Phi) is 12.8. The Morgan fingerprint density at radius 1 is 0.981 bits per heavy atom. The third kappa shape index (κ3) is 10.3. The van der Waals surface area contributed by atoms with Crippen LogP contribution in [-0.2, 0) is 6.54 Å². The van der Waals surface area contributed by atoms with Crippen LogP contribution in [0.5, 0.6) is 5.75 Å². The predicted molar refractivity (Wildman–Crippen MR) is 217 cm³/mol. The standard InChI is InChI=1S/C42H56ClN9O2/c1-42(2,3)37(44)25-39(47-32-23-29(22-31(43)24-32)26-50-18-8-4-9-19-50)49-41(53)48-36-16-14-30(34-12-6-7-13-35(34)36)28-54-33-15-17-38(45)52(27-33)40(46)51-20-10-5-11-21-51/h6-7,12-13,15,17,22-25,27,30,36,45-46H,4-5,8-11,14,16,18-21,26,28,44H2,1-3H3,(H2,47,48,49,53)/t30-,36-/m0/s1. The summed E-state index contributed by atoms with van der Waals surface area (Å²) >= 11 is 6.58. The number of fused-ring (bicyclic) bond motifs is 1. The third-order valence-corrected chi connectivity index (χ3v) is 10.8. The second-order valence-electron chi connectivity index (χ2n) is 15.9. The van der Waals surface area contributed by atoms with Crippen LogP contribution in [0.2, 0.25) is 5.02 Å². The number of hydrogen-bond acceptors (Lipinski definition) is 7. The Morgan fingerprint density at radius 2 is 1.69 bits per heavy atom. The van der Waals surface area contributed by atoms with Gasteiger partial charge in [-0.15, -0.1) is 0 Å². The second-order valence-corrected chi connectivity index (χ2v) is 16.3. The maximum Gasteiger partial charge on any atom is 0.320 e. The van der Waals surface area contributed by atoms with E-state index in [1.165, 1.54) is 25.7 Å². The van der Waals surface area contributed by atoms with E-state index in [1.807, 2.05) is 49.9 Å². The minimum absolute atomic E-state index is 0.113. The molecule has 2 amide bonds. The highest BCUT2D eigenvalue weighted by atomic mass is 35.5. The van der Waals surface area contributed by atoms with Crippen molar-refractivity contribution in [1.82, 2.24) is 25.0 Å². The lowest BCUT2D eigenvalue weighted by molar-refractivity contribution is 0.221. The van der Waals surface area contributed by atoms with Crippen LogP contribution in [0.25, 0.3) is 0 Å². The van der Waals surface area contributed by atoms with Gasteiger partial charge in [-0.1, -0.05) is 63.1 Å². The zero-order valence-electron chi connectivity index (χ0n) is 32.0. The smallest absolute Gasteiger partial charge is 0.320 e. The highest BCUT2D eigenvalue weighted by Crippen LogP contribution is 2.38. The lowest BCUT2D eigenvalue weighted by Gasteiger charge is -2.32. The highest BCUT2D eigenvalue weighted by Gasteiger charge is 2.29. The van der Waals surface area contributed by atoms with Crippen molar-refractivity contribution in [2.24, 2.45) is 16.1 Å². The van der Waals surface area contributed by atoms with Crippen molar-refractivity contribution in [2.45, 2.75) is 90.6 Å². The number of amides is 2. The number of benzene rings is 2. The number of nitrogens with two attached hydrogens (primary N) is 1. The van der Waals surface area contributed by atoms with E-state index < -0.39 is 0 Å². The van der Waals surface area contributed by atoms with Gasteiger partial charge in [0.25, 0.3) is 0 Å². The van der Waals surface area contributed by atoms with Crippen molar-refractivity contribution < 1.29 is 9.53 Å². The number of nitrogens with one attached hydrogen (secondary N) is 4. The fourth-order valence-electron chi connectivity index (χ4n) is 7.47. The molecule has 2 aliphatic heterocycles. The van der Waals surface area contributed by atoms with Crippen molar-refractivity contribution in [3.05, 3.63) is 99.8 Å². The maximum atomic E-state index is 13.7. The molecule has 2 saturated heterocycles. The molecule has 0 saturated carbocycles. The fraction of sp³-hybridized carbons (Fsp3) is 0.476. The normalized spacial score (nSPS) is 19.9. The molecule has 0 spiro atoms. The van der Waals surface area contributed by atoms with Crippen molar-refractivity contribution >= 4 is 35.1 Å². The van der Waals surface area contributed by atoms with Gasteiger partial charge in [-0.25, -0.2) is 9.79 Å². The molecule has 11 nitrogen and oxygen atoms in total. The van der Waals surface area contributed by atoms with E-state index in [9.17, 15) is 4.79 Å². The summed E-state index contributed by atoms with van der Waals surface area (Å²) in [6, 6.07) is 16.9. The first-order valence-electron chi connectivity index (χ1n) is 19.4. The summed E-state index contributed by atoms with van der Waals surface area (Å²) in [4.78, 5) is 23.0. The van der Waals surface area contributed by atoms with Crippen LogP contribution in [0, 0.1) is 16.2 Å². The van der Waals surface area contributed by atoms with Crippen LogP contribution in [-0.4, -0.2) is 65.0 Å². The first kappa shape index (κ1) is 39.1. The number of pyridine rings is 1. The number of nitrogens with zero attached hydrogens (tertiary/aromatic N) is 4. The molecule has 1 aliphatic carbocycles. The quantitative estimate of drug-likeness (QED) is 0.118. The summed E-state index contributed by atoms with van der Waals surface area (Å²) < 4.78 is 7.91. The summed E-state index contributed by atoms with van der Waals surface area (Å²) in [7, 11) is 0. The van der Waals surface area contributed by atoms with Crippen molar-refractivity contribution in [3.63, 3.8) is 0 Å². The van der Waals surface area contributed by atoms with Gasteiger partial charge in [0.15, 0.2) is 0 Å². The highest BCUT2D eigenvalue weighted by molar-refractivity contribution is 6.31. The lowest BCUT2D eigenvalue weighted by atomic mass is 9.80. The van der Waals surface area contributed by atoms with E-state index in [0.29, 0.717) is 40.6 Å². The molecule has 2 atom stereocenters. The average Bonchev–Trinajstić information content (AvgIpc) is 3.15. The van der Waals surface area contributed by atoms with Gasteiger partial charge in [-0.05, 0) is 105 Å². The van der Waals surface area contributed by atoms with Gasteiger partial charge >= 0.3 is 6.03 Å². The second kappa shape index (κ2) is 17.7. The number of piperidine rings is 2.